The Morgan fingerprint density at radius 3 is 3.00 bits per heavy atom. The van der Waals surface area contributed by atoms with Gasteiger partial charge in [-0.25, -0.2) is 0 Å². The zero-order chi connectivity index (χ0) is 10.8. The summed E-state index contributed by atoms with van der Waals surface area (Å²) < 4.78 is 1.91. The van der Waals surface area contributed by atoms with Gasteiger partial charge in [-0.3, -0.25) is 4.79 Å². The first-order valence-corrected chi connectivity index (χ1v) is 5.34. The van der Waals surface area contributed by atoms with Crippen LogP contribution in [0.5, 0.6) is 0 Å². The van der Waals surface area contributed by atoms with Crippen molar-refractivity contribution in [2.24, 2.45) is 0 Å². The fourth-order valence-electron chi connectivity index (χ4n) is 1.86. The lowest BCUT2D eigenvalue weighted by molar-refractivity contribution is 0.0559. The Morgan fingerprint density at radius 2 is 2.40 bits per heavy atom. The molecule has 4 nitrogen and oxygen atoms in total. The summed E-state index contributed by atoms with van der Waals surface area (Å²) in [6.45, 7) is 2.80. The van der Waals surface area contributed by atoms with Crippen LogP contribution in [0.25, 0.3) is 0 Å². The van der Waals surface area contributed by atoms with Gasteiger partial charge in [-0.15, -0.1) is 0 Å². The van der Waals surface area contributed by atoms with Crippen molar-refractivity contribution in [2.45, 2.75) is 38.5 Å². The van der Waals surface area contributed by atoms with Gasteiger partial charge in [-0.05, 0) is 31.9 Å². The number of rotatable bonds is 3. The number of carbonyl (C=O) groups excluding carboxylic acids is 1. The quantitative estimate of drug-likeness (QED) is 0.770. The van der Waals surface area contributed by atoms with Crippen LogP contribution >= 0.6 is 0 Å². The first-order valence-electron chi connectivity index (χ1n) is 5.34. The van der Waals surface area contributed by atoms with Gasteiger partial charge in [-0.1, -0.05) is 0 Å². The molecule has 1 aliphatic carbocycles. The van der Waals surface area contributed by atoms with Crippen molar-refractivity contribution in [3.05, 3.63) is 24.0 Å². The van der Waals surface area contributed by atoms with E-state index in [1.165, 1.54) is 0 Å². The van der Waals surface area contributed by atoms with Gasteiger partial charge in [0.15, 0.2) is 0 Å². The van der Waals surface area contributed by atoms with Crippen LogP contribution in [0.1, 0.15) is 30.3 Å². The van der Waals surface area contributed by atoms with Gasteiger partial charge >= 0.3 is 0 Å². The van der Waals surface area contributed by atoms with Gasteiger partial charge in [-0.2, -0.15) is 0 Å². The molecule has 0 spiro atoms. The van der Waals surface area contributed by atoms with Gasteiger partial charge < -0.3 is 15.0 Å². The molecule has 1 amide bonds. The Bertz CT molecular complexity index is 353. The van der Waals surface area contributed by atoms with Gasteiger partial charge in [0.1, 0.15) is 5.69 Å². The molecule has 1 saturated carbocycles. The third-order valence-corrected chi connectivity index (χ3v) is 2.85. The largest absolute Gasteiger partial charge is 0.393 e. The highest BCUT2D eigenvalue weighted by Crippen LogP contribution is 2.19. The van der Waals surface area contributed by atoms with Crippen molar-refractivity contribution in [2.75, 3.05) is 0 Å². The molecule has 1 aliphatic rings. The smallest absolute Gasteiger partial charge is 0.268 e. The maximum atomic E-state index is 11.8. The van der Waals surface area contributed by atoms with Crippen molar-refractivity contribution in [3.63, 3.8) is 0 Å². The molecule has 0 radical (unpaired) electrons. The minimum Gasteiger partial charge on any atom is -0.393 e. The Hall–Kier alpha value is -1.29. The lowest BCUT2D eigenvalue weighted by Gasteiger charge is -2.31. The molecule has 15 heavy (non-hydrogen) atoms. The third kappa shape index (κ3) is 2.04. The summed E-state index contributed by atoms with van der Waals surface area (Å²) in [6, 6.07) is 3.83. The SMILES string of the molecule is CCn1cccc1C(=O)NC1CC(O)C1. The topological polar surface area (TPSA) is 54.3 Å². The molecule has 2 rings (SSSR count). The van der Waals surface area contributed by atoms with Crippen molar-refractivity contribution >= 4 is 5.91 Å². The molecule has 0 bridgehead atoms. The molecule has 0 atom stereocenters. The Morgan fingerprint density at radius 1 is 1.67 bits per heavy atom. The summed E-state index contributed by atoms with van der Waals surface area (Å²) in [5.74, 6) is -0.0428. The van der Waals surface area contributed by atoms with E-state index < -0.39 is 0 Å². The zero-order valence-electron chi connectivity index (χ0n) is 8.81. The second-order valence-electron chi connectivity index (χ2n) is 3.98. The monoisotopic (exact) mass is 208 g/mol. The van der Waals surface area contributed by atoms with E-state index in [1.54, 1.807) is 0 Å². The van der Waals surface area contributed by atoms with E-state index in [4.69, 9.17) is 5.11 Å². The van der Waals surface area contributed by atoms with E-state index in [-0.39, 0.29) is 18.1 Å². The van der Waals surface area contributed by atoms with Crippen LogP contribution in [-0.4, -0.2) is 27.7 Å². The molecule has 82 valence electrons. The van der Waals surface area contributed by atoms with Crippen molar-refractivity contribution < 1.29 is 9.90 Å². The fourth-order valence-corrected chi connectivity index (χ4v) is 1.86. The highest BCUT2D eigenvalue weighted by Gasteiger charge is 2.28. The summed E-state index contributed by atoms with van der Waals surface area (Å²) in [7, 11) is 0. The number of nitrogens with zero attached hydrogens (tertiary/aromatic N) is 1. The molecular formula is C11H16N2O2. The minimum absolute atomic E-state index is 0.0428. The molecule has 1 aromatic heterocycles. The van der Waals surface area contributed by atoms with Crippen LogP contribution in [0, 0.1) is 0 Å². The van der Waals surface area contributed by atoms with Crippen molar-refractivity contribution in [1.29, 1.82) is 0 Å². The molecule has 0 aromatic carbocycles. The number of amides is 1. The standard InChI is InChI=1S/C11H16N2O2/c1-2-13-5-3-4-10(13)11(15)12-8-6-9(14)7-8/h3-5,8-9,14H,2,6-7H2,1H3,(H,12,15). The Balaban J connectivity index is 1.96. The van der Waals surface area contributed by atoms with Crippen LogP contribution in [0.2, 0.25) is 0 Å². The molecule has 2 N–H and O–H groups in total. The number of hydrogen-bond donors (Lipinski definition) is 2. The number of nitrogens with one attached hydrogen (secondary N) is 1. The predicted molar refractivity (Wildman–Crippen MR) is 56.6 cm³/mol. The van der Waals surface area contributed by atoms with E-state index in [2.05, 4.69) is 5.32 Å². The Kier molecular flexibility index (Phi) is 2.77. The maximum absolute atomic E-state index is 11.8. The summed E-state index contributed by atoms with van der Waals surface area (Å²) >= 11 is 0. The van der Waals surface area contributed by atoms with Gasteiger partial charge in [0.25, 0.3) is 5.91 Å². The average Bonchev–Trinajstić information content (AvgIpc) is 2.62. The summed E-state index contributed by atoms with van der Waals surface area (Å²) in [6.07, 6.45) is 3.02. The lowest BCUT2D eigenvalue weighted by Crippen LogP contribution is -2.47. The van der Waals surface area contributed by atoms with E-state index in [1.807, 2.05) is 29.8 Å². The number of aromatic nitrogens is 1. The average molecular weight is 208 g/mol. The number of aliphatic hydroxyl groups is 1. The maximum Gasteiger partial charge on any atom is 0.268 e. The normalized spacial score (nSPS) is 24.7. The third-order valence-electron chi connectivity index (χ3n) is 2.85. The molecular weight excluding hydrogens is 192 g/mol. The lowest BCUT2D eigenvalue weighted by atomic mass is 9.89. The summed E-state index contributed by atoms with van der Waals surface area (Å²) in [5.41, 5.74) is 0.693. The van der Waals surface area contributed by atoms with E-state index in [0.29, 0.717) is 18.5 Å². The second-order valence-corrected chi connectivity index (χ2v) is 3.98. The minimum atomic E-state index is -0.228. The zero-order valence-corrected chi connectivity index (χ0v) is 8.81. The van der Waals surface area contributed by atoms with Crippen molar-refractivity contribution in [1.82, 2.24) is 9.88 Å². The summed E-state index contributed by atoms with van der Waals surface area (Å²) in [5, 5.41) is 12.0. The van der Waals surface area contributed by atoms with E-state index in [9.17, 15) is 4.79 Å². The first kappa shape index (κ1) is 10.2. The van der Waals surface area contributed by atoms with Crippen LogP contribution < -0.4 is 5.32 Å². The molecule has 0 unspecified atom stereocenters. The fraction of sp³-hybridized carbons (Fsp3) is 0.545. The number of aryl methyl sites for hydroxylation is 1. The molecule has 0 aliphatic heterocycles. The van der Waals surface area contributed by atoms with Crippen molar-refractivity contribution in [3.8, 4) is 0 Å². The van der Waals surface area contributed by atoms with Gasteiger partial charge in [0.05, 0.1) is 6.10 Å². The van der Waals surface area contributed by atoms with Crippen LogP contribution in [0.3, 0.4) is 0 Å². The number of hydrogen-bond acceptors (Lipinski definition) is 2. The molecule has 1 heterocycles. The van der Waals surface area contributed by atoms with Crippen LogP contribution in [0.4, 0.5) is 0 Å². The van der Waals surface area contributed by atoms with E-state index >= 15 is 0 Å². The highest BCUT2D eigenvalue weighted by atomic mass is 16.3. The van der Waals surface area contributed by atoms with Gasteiger partial charge in [0, 0.05) is 18.8 Å². The highest BCUT2D eigenvalue weighted by molar-refractivity contribution is 5.93. The summed E-state index contributed by atoms with van der Waals surface area (Å²) in [4.78, 5) is 11.8. The molecule has 1 fully saturated rings. The number of aliphatic hydroxyl groups excluding tert-OH is 1. The Labute approximate surface area is 88.9 Å². The second kappa shape index (κ2) is 4.06. The number of carbonyl (C=O) groups is 1. The predicted octanol–water partition coefficient (Wildman–Crippen LogP) is 0.761. The van der Waals surface area contributed by atoms with E-state index in [0.717, 1.165) is 6.54 Å². The molecule has 4 heteroatoms. The molecule has 0 saturated heterocycles. The first-order chi connectivity index (χ1) is 7.20. The molecule has 1 aromatic rings. The van der Waals surface area contributed by atoms with Crippen LogP contribution in [-0.2, 0) is 6.54 Å². The van der Waals surface area contributed by atoms with Crippen LogP contribution in [0.15, 0.2) is 18.3 Å². The van der Waals surface area contributed by atoms with Gasteiger partial charge in [0.2, 0.25) is 0 Å².